The van der Waals surface area contributed by atoms with Gasteiger partial charge in [-0.1, -0.05) is 12.1 Å². The third kappa shape index (κ3) is 3.53. The van der Waals surface area contributed by atoms with Gasteiger partial charge in [0.25, 0.3) is 0 Å². The number of nitrogens with zero attached hydrogens (tertiary/aromatic N) is 2. The second-order valence-electron chi connectivity index (χ2n) is 4.40. The fourth-order valence-corrected chi connectivity index (χ4v) is 2.10. The predicted molar refractivity (Wildman–Crippen MR) is 63.9 cm³/mol. The number of carbonyl (C=O) groups excluding carboxylic acids is 1. The highest BCUT2D eigenvalue weighted by molar-refractivity contribution is 5.46. The van der Waals surface area contributed by atoms with Gasteiger partial charge in [0.15, 0.2) is 0 Å². The zero-order chi connectivity index (χ0) is 12.1. The molecular weight excluding hydrogens is 219 g/mol. The monoisotopic (exact) mass is 236 g/mol. The molecule has 2 rings (SSSR count). The lowest BCUT2D eigenvalue weighted by atomic mass is 10.2. The number of rotatable bonds is 3. The molecule has 1 saturated heterocycles. The molecule has 3 nitrogen and oxygen atoms in total. The summed E-state index contributed by atoms with van der Waals surface area (Å²) in [4.78, 5) is 14.8. The van der Waals surface area contributed by atoms with Crippen LogP contribution in [0, 0.1) is 5.82 Å². The SMILES string of the molecule is O=CN1CCCN(Cc2ccc(F)cc2)CC1. The normalized spacial score (nSPS) is 17.8. The molecule has 1 fully saturated rings. The minimum atomic E-state index is -0.197. The maximum atomic E-state index is 12.8. The molecular formula is C13H17FN2O. The van der Waals surface area contributed by atoms with E-state index in [0.29, 0.717) is 0 Å². The summed E-state index contributed by atoms with van der Waals surface area (Å²) in [6.07, 6.45) is 1.92. The molecule has 1 heterocycles. The maximum absolute atomic E-state index is 12.8. The van der Waals surface area contributed by atoms with Crippen molar-refractivity contribution in [2.24, 2.45) is 0 Å². The lowest BCUT2D eigenvalue weighted by Gasteiger charge is -2.19. The van der Waals surface area contributed by atoms with Crippen LogP contribution in [0.25, 0.3) is 0 Å². The van der Waals surface area contributed by atoms with Crippen molar-refractivity contribution in [1.82, 2.24) is 9.80 Å². The van der Waals surface area contributed by atoms with E-state index in [1.165, 1.54) is 12.1 Å². The zero-order valence-corrected chi connectivity index (χ0v) is 9.81. The molecule has 1 aromatic carbocycles. The summed E-state index contributed by atoms with van der Waals surface area (Å²) in [7, 11) is 0. The first kappa shape index (κ1) is 12.0. The second-order valence-corrected chi connectivity index (χ2v) is 4.40. The van der Waals surface area contributed by atoms with Gasteiger partial charge in [-0.25, -0.2) is 4.39 Å². The van der Waals surface area contributed by atoms with Crippen LogP contribution in [0.1, 0.15) is 12.0 Å². The van der Waals surface area contributed by atoms with Gasteiger partial charge in [-0.3, -0.25) is 9.69 Å². The third-order valence-corrected chi connectivity index (χ3v) is 3.09. The van der Waals surface area contributed by atoms with Gasteiger partial charge in [0.1, 0.15) is 5.82 Å². The Hall–Kier alpha value is -1.42. The molecule has 0 atom stereocenters. The fourth-order valence-electron chi connectivity index (χ4n) is 2.10. The van der Waals surface area contributed by atoms with Gasteiger partial charge < -0.3 is 4.90 Å². The van der Waals surface area contributed by atoms with Gasteiger partial charge >= 0.3 is 0 Å². The van der Waals surface area contributed by atoms with Crippen LogP contribution < -0.4 is 0 Å². The highest BCUT2D eigenvalue weighted by Crippen LogP contribution is 2.09. The van der Waals surface area contributed by atoms with E-state index >= 15 is 0 Å². The minimum Gasteiger partial charge on any atom is -0.344 e. The largest absolute Gasteiger partial charge is 0.344 e. The van der Waals surface area contributed by atoms with Crippen LogP contribution in [0.15, 0.2) is 24.3 Å². The van der Waals surface area contributed by atoms with E-state index in [1.807, 2.05) is 17.0 Å². The summed E-state index contributed by atoms with van der Waals surface area (Å²) in [5.74, 6) is -0.197. The molecule has 1 aliphatic rings. The van der Waals surface area contributed by atoms with E-state index in [0.717, 1.165) is 51.1 Å². The molecule has 0 spiro atoms. The Morgan fingerprint density at radius 2 is 1.88 bits per heavy atom. The Balaban J connectivity index is 1.90. The Kier molecular flexibility index (Phi) is 4.09. The van der Waals surface area contributed by atoms with Crippen molar-refractivity contribution in [3.8, 4) is 0 Å². The quantitative estimate of drug-likeness (QED) is 0.742. The standard InChI is InChI=1S/C13H17FN2O/c14-13-4-2-12(3-5-13)10-15-6-1-7-16(11-17)9-8-15/h2-5,11H,1,6-10H2. The smallest absolute Gasteiger partial charge is 0.209 e. The van der Waals surface area contributed by atoms with Crippen molar-refractivity contribution < 1.29 is 9.18 Å². The second kappa shape index (κ2) is 5.77. The van der Waals surface area contributed by atoms with Gasteiger partial charge in [0, 0.05) is 32.7 Å². The molecule has 0 N–H and O–H groups in total. The first-order valence-electron chi connectivity index (χ1n) is 5.94. The van der Waals surface area contributed by atoms with Gasteiger partial charge in [-0.15, -0.1) is 0 Å². The molecule has 0 bridgehead atoms. The molecule has 0 aromatic heterocycles. The van der Waals surface area contributed by atoms with E-state index in [2.05, 4.69) is 4.90 Å². The molecule has 0 unspecified atom stereocenters. The number of hydrogen-bond acceptors (Lipinski definition) is 2. The summed E-state index contributed by atoms with van der Waals surface area (Å²) in [6, 6.07) is 6.62. The summed E-state index contributed by atoms with van der Waals surface area (Å²) in [5.41, 5.74) is 1.12. The number of benzene rings is 1. The van der Waals surface area contributed by atoms with Crippen molar-refractivity contribution in [2.75, 3.05) is 26.2 Å². The van der Waals surface area contributed by atoms with Gasteiger partial charge in [0.2, 0.25) is 6.41 Å². The third-order valence-electron chi connectivity index (χ3n) is 3.09. The molecule has 1 aromatic rings. The summed E-state index contributed by atoms with van der Waals surface area (Å²) < 4.78 is 12.8. The van der Waals surface area contributed by atoms with Crippen molar-refractivity contribution >= 4 is 6.41 Å². The average Bonchev–Trinajstić information content (AvgIpc) is 2.57. The Bertz CT molecular complexity index is 366. The summed E-state index contributed by atoms with van der Waals surface area (Å²) in [5, 5.41) is 0. The Morgan fingerprint density at radius 3 is 2.59 bits per heavy atom. The van der Waals surface area contributed by atoms with Gasteiger partial charge in [0.05, 0.1) is 0 Å². The van der Waals surface area contributed by atoms with Crippen molar-refractivity contribution in [3.05, 3.63) is 35.6 Å². The first-order valence-corrected chi connectivity index (χ1v) is 5.94. The van der Waals surface area contributed by atoms with E-state index in [9.17, 15) is 9.18 Å². The van der Waals surface area contributed by atoms with E-state index < -0.39 is 0 Å². The highest BCUT2D eigenvalue weighted by Gasteiger charge is 2.13. The van der Waals surface area contributed by atoms with Gasteiger partial charge in [-0.05, 0) is 24.1 Å². The van der Waals surface area contributed by atoms with Crippen molar-refractivity contribution in [3.63, 3.8) is 0 Å². The molecule has 4 heteroatoms. The lowest BCUT2D eigenvalue weighted by molar-refractivity contribution is -0.118. The Labute approximate surface area is 101 Å². The van der Waals surface area contributed by atoms with Crippen LogP contribution >= 0.6 is 0 Å². The topological polar surface area (TPSA) is 23.6 Å². The van der Waals surface area contributed by atoms with Gasteiger partial charge in [-0.2, -0.15) is 0 Å². The lowest BCUT2D eigenvalue weighted by Crippen LogP contribution is -2.29. The van der Waals surface area contributed by atoms with E-state index in [1.54, 1.807) is 0 Å². The Morgan fingerprint density at radius 1 is 1.12 bits per heavy atom. The highest BCUT2D eigenvalue weighted by atomic mass is 19.1. The van der Waals surface area contributed by atoms with Crippen molar-refractivity contribution in [1.29, 1.82) is 0 Å². The average molecular weight is 236 g/mol. The van der Waals surface area contributed by atoms with Crippen LogP contribution in [0.4, 0.5) is 4.39 Å². The number of amides is 1. The molecule has 0 radical (unpaired) electrons. The number of carbonyl (C=O) groups is 1. The fraction of sp³-hybridized carbons (Fsp3) is 0.462. The summed E-state index contributed by atoms with van der Waals surface area (Å²) in [6.45, 7) is 4.32. The van der Waals surface area contributed by atoms with Crippen LogP contribution in [0.2, 0.25) is 0 Å². The predicted octanol–water partition coefficient (Wildman–Crippen LogP) is 1.49. The maximum Gasteiger partial charge on any atom is 0.209 e. The van der Waals surface area contributed by atoms with Crippen molar-refractivity contribution in [2.45, 2.75) is 13.0 Å². The minimum absolute atomic E-state index is 0.197. The van der Waals surface area contributed by atoms with Crippen LogP contribution in [-0.4, -0.2) is 42.4 Å². The molecule has 1 amide bonds. The summed E-state index contributed by atoms with van der Waals surface area (Å²) >= 11 is 0. The molecule has 0 aliphatic carbocycles. The van der Waals surface area contributed by atoms with Crippen LogP contribution in [-0.2, 0) is 11.3 Å². The first-order chi connectivity index (χ1) is 8.28. The van der Waals surface area contributed by atoms with E-state index in [4.69, 9.17) is 0 Å². The van der Waals surface area contributed by atoms with Crippen LogP contribution in [0.5, 0.6) is 0 Å². The van der Waals surface area contributed by atoms with Crippen LogP contribution in [0.3, 0.4) is 0 Å². The molecule has 17 heavy (non-hydrogen) atoms. The van der Waals surface area contributed by atoms with E-state index in [-0.39, 0.29) is 5.82 Å². The molecule has 1 aliphatic heterocycles. The zero-order valence-electron chi connectivity index (χ0n) is 9.81. The number of halogens is 1. The molecule has 92 valence electrons. The molecule has 0 saturated carbocycles. The number of hydrogen-bond donors (Lipinski definition) is 0.